The summed E-state index contributed by atoms with van der Waals surface area (Å²) in [6.07, 6.45) is 4.10. The molecule has 146 valence electrons. The van der Waals surface area contributed by atoms with E-state index in [1.807, 2.05) is 24.3 Å². The van der Waals surface area contributed by atoms with Crippen LogP contribution in [0, 0.1) is 6.92 Å². The third kappa shape index (κ3) is 2.49. The summed E-state index contributed by atoms with van der Waals surface area (Å²) in [5.41, 5.74) is 3.54. The molecule has 0 radical (unpaired) electrons. The van der Waals surface area contributed by atoms with Crippen LogP contribution in [0.25, 0.3) is 6.08 Å². The van der Waals surface area contributed by atoms with Gasteiger partial charge in [-0.1, -0.05) is 37.6 Å². The van der Waals surface area contributed by atoms with Gasteiger partial charge in [-0.3, -0.25) is 4.79 Å². The van der Waals surface area contributed by atoms with Gasteiger partial charge in [0, 0.05) is 16.7 Å². The standard InChI is InChI=1S/C23H26N2O3/c1-15-6-8-19-18(12-15)22(2,3)23(24-21(26)14-25(19)23)11-10-16-13-17(27-4)7-9-20(16)28-5/h6-13H,14H2,1-5H3,(H,24,26)/t23-/m0/s1. The van der Waals surface area contributed by atoms with Crippen LogP contribution in [0.1, 0.15) is 30.5 Å². The Morgan fingerprint density at radius 3 is 2.61 bits per heavy atom. The van der Waals surface area contributed by atoms with Gasteiger partial charge >= 0.3 is 0 Å². The number of benzene rings is 2. The second kappa shape index (κ2) is 6.30. The normalized spacial score (nSPS) is 22.2. The molecule has 0 spiro atoms. The van der Waals surface area contributed by atoms with Crippen LogP contribution in [0.15, 0.2) is 42.5 Å². The molecule has 0 unspecified atom stereocenters. The number of fused-ring (bicyclic) bond motifs is 3. The molecule has 2 aromatic rings. The van der Waals surface area contributed by atoms with Gasteiger partial charge in [-0.2, -0.15) is 0 Å². The number of carbonyl (C=O) groups is 1. The molecule has 0 bridgehead atoms. The Morgan fingerprint density at radius 2 is 1.89 bits per heavy atom. The molecule has 1 atom stereocenters. The highest BCUT2D eigenvalue weighted by Crippen LogP contribution is 2.53. The first-order chi connectivity index (χ1) is 13.3. The number of methoxy groups -OCH3 is 2. The second-order valence-corrected chi connectivity index (χ2v) is 7.99. The molecule has 1 fully saturated rings. The van der Waals surface area contributed by atoms with E-state index in [-0.39, 0.29) is 11.3 Å². The average molecular weight is 378 g/mol. The number of hydrogen-bond acceptors (Lipinski definition) is 4. The zero-order valence-electron chi connectivity index (χ0n) is 17.0. The zero-order chi connectivity index (χ0) is 20.1. The Hall–Kier alpha value is -2.95. The number of aryl methyl sites for hydroxylation is 1. The highest BCUT2D eigenvalue weighted by molar-refractivity contribution is 5.91. The molecule has 2 heterocycles. The Bertz CT molecular complexity index is 980. The van der Waals surface area contributed by atoms with Crippen LogP contribution in [0.3, 0.4) is 0 Å². The third-order valence-corrected chi connectivity index (χ3v) is 6.07. The minimum absolute atomic E-state index is 0.0292. The SMILES string of the molecule is COc1ccc(OC)c(C=C[C@]23NC(=O)CN2c2ccc(C)cc2C3(C)C)c1. The fourth-order valence-corrected chi connectivity index (χ4v) is 4.47. The number of anilines is 1. The molecule has 5 nitrogen and oxygen atoms in total. The Morgan fingerprint density at radius 1 is 1.11 bits per heavy atom. The molecule has 4 rings (SSSR count). The largest absolute Gasteiger partial charge is 0.497 e. The van der Waals surface area contributed by atoms with Crippen molar-refractivity contribution in [1.29, 1.82) is 0 Å². The molecule has 2 aliphatic heterocycles. The lowest BCUT2D eigenvalue weighted by Gasteiger charge is -2.40. The van der Waals surface area contributed by atoms with Crippen molar-refractivity contribution in [2.24, 2.45) is 0 Å². The van der Waals surface area contributed by atoms with Gasteiger partial charge in [-0.25, -0.2) is 0 Å². The van der Waals surface area contributed by atoms with Crippen LogP contribution in [-0.4, -0.2) is 32.3 Å². The summed E-state index contributed by atoms with van der Waals surface area (Å²) in [6.45, 7) is 6.81. The molecular formula is C23H26N2O3. The number of nitrogens with one attached hydrogen (secondary N) is 1. The van der Waals surface area contributed by atoms with Gasteiger partial charge in [0.1, 0.15) is 17.2 Å². The van der Waals surface area contributed by atoms with E-state index >= 15 is 0 Å². The van der Waals surface area contributed by atoms with Crippen LogP contribution >= 0.6 is 0 Å². The maximum atomic E-state index is 12.4. The van der Waals surface area contributed by atoms with Crippen molar-refractivity contribution >= 4 is 17.7 Å². The molecule has 1 amide bonds. The van der Waals surface area contributed by atoms with E-state index in [0.29, 0.717) is 6.54 Å². The van der Waals surface area contributed by atoms with Crippen molar-refractivity contribution in [3.8, 4) is 11.5 Å². The van der Waals surface area contributed by atoms with Crippen molar-refractivity contribution < 1.29 is 14.3 Å². The maximum Gasteiger partial charge on any atom is 0.241 e. The van der Waals surface area contributed by atoms with E-state index in [9.17, 15) is 4.79 Å². The minimum atomic E-state index is -0.631. The molecule has 0 aromatic heterocycles. The van der Waals surface area contributed by atoms with Crippen molar-refractivity contribution in [1.82, 2.24) is 5.32 Å². The number of ether oxygens (including phenoxy) is 2. The summed E-state index contributed by atoms with van der Waals surface area (Å²) in [6, 6.07) is 12.1. The Balaban J connectivity index is 1.84. The summed E-state index contributed by atoms with van der Waals surface area (Å²) >= 11 is 0. The summed E-state index contributed by atoms with van der Waals surface area (Å²) in [5, 5.41) is 3.25. The molecule has 5 heteroatoms. The first-order valence-electron chi connectivity index (χ1n) is 9.43. The lowest BCUT2D eigenvalue weighted by atomic mass is 9.75. The number of amides is 1. The lowest BCUT2D eigenvalue weighted by molar-refractivity contribution is -0.118. The van der Waals surface area contributed by atoms with Crippen LogP contribution in [0.4, 0.5) is 5.69 Å². The maximum absolute atomic E-state index is 12.4. The van der Waals surface area contributed by atoms with E-state index in [4.69, 9.17) is 9.47 Å². The molecular weight excluding hydrogens is 352 g/mol. The molecule has 1 saturated heterocycles. The van der Waals surface area contributed by atoms with Gasteiger partial charge < -0.3 is 19.7 Å². The fraction of sp³-hybridized carbons (Fsp3) is 0.348. The predicted octanol–water partition coefficient (Wildman–Crippen LogP) is 3.65. The zero-order valence-corrected chi connectivity index (χ0v) is 17.0. The van der Waals surface area contributed by atoms with Crippen molar-refractivity contribution in [2.75, 3.05) is 25.7 Å². The van der Waals surface area contributed by atoms with E-state index in [0.717, 1.165) is 22.7 Å². The quantitative estimate of drug-likeness (QED) is 0.882. The Kier molecular flexibility index (Phi) is 4.14. The first kappa shape index (κ1) is 18.4. The summed E-state index contributed by atoms with van der Waals surface area (Å²) in [7, 11) is 3.30. The van der Waals surface area contributed by atoms with Crippen LogP contribution < -0.4 is 19.7 Å². The number of rotatable bonds is 4. The molecule has 2 aliphatic rings. The van der Waals surface area contributed by atoms with E-state index < -0.39 is 5.66 Å². The minimum Gasteiger partial charge on any atom is -0.497 e. The Labute approximate surface area is 165 Å². The van der Waals surface area contributed by atoms with Gasteiger partial charge in [0.05, 0.1) is 20.8 Å². The van der Waals surface area contributed by atoms with Crippen LogP contribution in [0.2, 0.25) is 0 Å². The predicted molar refractivity (Wildman–Crippen MR) is 111 cm³/mol. The highest BCUT2D eigenvalue weighted by Gasteiger charge is 2.59. The van der Waals surface area contributed by atoms with Crippen molar-refractivity contribution in [2.45, 2.75) is 31.8 Å². The summed E-state index contributed by atoms with van der Waals surface area (Å²) in [4.78, 5) is 14.6. The van der Waals surface area contributed by atoms with Crippen LogP contribution in [-0.2, 0) is 10.2 Å². The van der Waals surface area contributed by atoms with E-state index in [1.165, 1.54) is 11.1 Å². The summed E-state index contributed by atoms with van der Waals surface area (Å²) < 4.78 is 10.9. The smallest absolute Gasteiger partial charge is 0.241 e. The van der Waals surface area contributed by atoms with E-state index in [1.54, 1.807) is 14.2 Å². The van der Waals surface area contributed by atoms with Gasteiger partial charge in [0.2, 0.25) is 5.91 Å². The first-order valence-corrected chi connectivity index (χ1v) is 9.43. The fourth-order valence-electron chi connectivity index (χ4n) is 4.47. The van der Waals surface area contributed by atoms with Gasteiger partial charge in [-0.15, -0.1) is 0 Å². The third-order valence-electron chi connectivity index (χ3n) is 6.07. The molecule has 1 N–H and O–H groups in total. The van der Waals surface area contributed by atoms with E-state index in [2.05, 4.69) is 55.3 Å². The average Bonchev–Trinajstić information content (AvgIpc) is 3.10. The second-order valence-electron chi connectivity index (χ2n) is 7.99. The lowest BCUT2D eigenvalue weighted by Crippen LogP contribution is -2.58. The van der Waals surface area contributed by atoms with Crippen molar-refractivity contribution in [3.63, 3.8) is 0 Å². The summed E-state index contributed by atoms with van der Waals surface area (Å²) in [5.74, 6) is 1.55. The monoisotopic (exact) mass is 378 g/mol. The molecule has 28 heavy (non-hydrogen) atoms. The topological polar surface area (TPSA) is 50.8 Å². The van der Waals surface area contributed by atoms with Gasteiger partial charge in [-0.05, 0) is 42.8 Å². The number of carbonyl (C=O) groups excluding carboxylic acids is 1. The highest BCUT2D eigenvalue weighted by atomic mass is 16.5. The van der Waals surface area contributed by atoms with Gasteiger partial charge in [0.25, 0.3) is 0 Å². The molecule has 0 aliphatic carbocycles. The van der Waals surface area contributed by atoms with Gasteiger partial charge in [0.15, 0.2) is 0 Å². The number of nitrogens with zero attached hydrogens (tertiary/aromatic N) is 1. The molecule has 0 saturated carbocycles. The van der Waals surface area contributed by atoms with Crippen molar-refractivity contribution in [3.05, 3.63) is 59.2 Å². The van der Waals surface area contributed by atoms with Crippen LogP contribution in [0.5, 0.6) is 11.5 Å². The molecule has 2 aromatic carbocycles. The number of hydrogen-bond donors (Lipinski definition) is 1.